The Kier molecular flexibility index (Phi) is 5.83. The molecule has 1 aliphatic rings. The molecule has 0 amide bonds. The number of hydrogen-bond donors (Lipinski definition) is 1. The highest BCUT2D eigenvalue weighted by Gasteiger charge is 2.22. The predicted molar refractivity (Wildman–Crippen MR) is 76.6 cm³/mol. The Morgan fingerprint density at radius 1 is 1.11 bits per heavy atom. The van der Waals surface area contributed by atoms with Crippen LogP contribution in [0.1, 0.15) is 50.0 Å². The summed E-state index contributed by atoms with van der Waals surface area (Å²) < 4.78 is 11.7. The SMILES string of the molecule is CCCCCC1COC(c2ccc(CN)cc2)OC1. The zero-order chi connectivity index (χ0) is 13.5. The summed E-state index contributed by atoms with van der Waals surface area (Å²) in [6.07, 6.45) is 4.87. The van der Waals surface area contributed by atoms with Crippen LogP contribution in [-0.4, -0.2) is 13.2 Å². The summed E-state index contributed by atoms with van der Waals surface area (Å²) in [6, 6.07) is 8.17. The second-order valence-electron chi connectivity index (χ2n) is 5.31. The molecule has 1 fully saturated rings. The highest BCUT2D eigenvalue weighted by Crippen LogP contribution is 2.27. The first-order chi connectivity index (χ1) is 9.33. The maximum absolute atomic E-state index is 5.83. The maximum atomic E-state index is 5.83. The van der Waals surface area contributed by atoms with Gasteiger partial charge in [0.25, 0.3) is 0 Å². The molecule has 0 spiro atoms. The first kappa shape index (κ1) is 14.5. The molecule has 2 rings (SSSR count). The van der Waals surface area contributed by atoms with Crippen LogP contribution in [0.25, 0.3) is 0 Å². The van der Waals surface area contributed by atoms with Gasteiger partial charge in [0.1, 0.15) is 0 Å². The summed E-state index contributed by atoms with van der Waals surface area (Å²) in [7, 11) is 0. The van der Waals surface area contributed by atoms with Crippen LogP contribution in [0.2, 0.25) is 0 Å². The molecule has 1 aromatic carbocycles. The minimum absolute atomic E-state index is 0.200. The van der Waals surface area contributed by atoms with Crippen LogP contribution in [0.4, 0.5) is 0 Å². The van der Waals surface area contributed by atoms with Gasteiger partial charge in [-0.2, -0.15) is 0 Å². The lowest BCUT2D eigenvalue weighted by Crippen LogP contribution is -2.27. The van der Waals surface area contributed by atoms with E-state index in [0.717, 1.165) is 24.3 Å². The van der Waals surface area contributed by atoms with Gasteiger partial charge in [0.05, 0.1) is 13.2 Å². The van der Waals surface area contributed by atoms with Gasteiger partial charge in [-0.25, -0.2) is 0 Å². The highest BCUT2D eigenvalue weighted by molar-refractivity contribution is 5.23. The number of hydrogen-bond acceptors (Lipinski definition) is 3. The molecule has 0 aliphatic carbocycles. The summed E-state index contributed by atoms with van der Waals surface area (Å²) in [4.78, 5) is 0. The summed E-state index contributed by atoms with van der Waals surface area (Å²) in [5.41, 5.74) is 7.82. The molecule has 0 atom stereocenters. The van der Waals surface area contributed by atoms with Crippen LogP contribution >= 0.6 is 0 Å². The van der Waals surface area contributed by atoms with Crippen molar-refractivity contribution in [3.8, 4) is 0 Å². The van der Waals surface area contributed by atoms with E-state index in [2.05, 4.69) is 6.92 Å². The van der Waals surface area contributed by atoms with Crippen LogP contribution in [0.3, 0.4) is 0 Å². The van der Waals surface area contributed by atoms with Gasteiger partial charge >= 0.3 is 0 Å². The molecule has 3 heteroatoms. The zero-order valence-electron chi connectivity index (χ0n) is 11.8. The smallest absolute Gasteiger partial charge is 0.183 e. The molecule has 19 heavy (non-hydrogen) atoms. The Balaban J connectivity index is 1.78. The molecular formula is C16H25NO2. The third kappa shape index (κ3) is 4.30. The Hall–Kier alpha value is -0.900. The summed E-state index contributed by atoms with van der Waals surface area (Å²) in [5.74, 6) is 0.561. The maximum Gasteiger partial charge on any atom is 0.183 e. The van der Waals surface area contributed by atoms with Gasteiger partial charge in [0, 0.05) is 18.0 Å². The molecule has 0 aromatic heterocycles. The van der Waals surface area contributed by atoms with Crippen molar-refractivity contribution in [1.29, 1.82) is 0 Å². The first-order valence-electron chi connectivity index (χ1n) is 7.35. The molecule has 1 saturated heterocycles. The molecule has 0 saturated carbocycles. The fourth-order valence-electron chi connectivity index (χ4n) is 2.40. The molecule has 1 aliphatic heterocycles. The van der Waals surface area contributed by atoms with Gasteiger partial charge in [-0.15, -0.1) is 0 Å². The van der Waals surface area contributed by atoms with Gasteiger partial charge in [0.15, 0.2) is 6.29 Å². The Morgan fingerprint density at radius 3 is 2.37 bits per heavy atom. The number of unbranched alkanes of at least 4 members (excludes halogenated alkanes) is 2. The molecule has 1 aromatic rings. The summed E-state index contributed by atoms with van der Waals surface area (Å²) in [6.45, 7) is 4.43. The number of rotatable bonds is 6. The Labute approximate surface area is 116 Å². The molecule has 0 unspecified atom stereocenters. The monoisotopic (exact) mass is 263 g/mol. The summed E-state index contributed by atoms with van der Waals surface area (Å²) in [5, 5.41) is 0. The number of ether oxygens (including phenoxy) is 2. The standard InChI is InChI=1S/C16H25NO2/c1-2-3-4-5-14-11-18-16(19-12-14)15-8-6-13(10-17)7-9-15/h6-9,14,16H,2-5,10-12,17H2,1H3. The van der Waals surface area contributed by atoms with E-state index in [1.165, 1.54) is 25.7 Å². The molecular weight excluding hydrogens is 238 g/mol. The molecule has 2 N–H and O–H groups in total. The van der Waals surface area contributed by atoms with E-state index in [-0.39, 0.29) is 6.29 Å². The van der Waals surface area contributed by atoms with Crippen molar-refractivity contribution in [2.75, 3.05) is 13.2 Å². The van der Waals surface area contributed by atoms with Gasteiger partial charge in [0.2, 0.25) is 0 Å². The first-order valence-corrected chi connectivity index (χ1v) is 7.35. The average Bonchev–Trinajstić information content (AvgIpc) is 2.48. The van der Waals surface area contributed by atoms with Crippen molar-refractivity contribution >= 4 is 0 Å². The van der Waals surface area contributed by atoms with Crippen molar-refractivity contribution in [2.24, 2.45) is 11.7 Å². The topological polar surface area (TPSA) is 44.5 Å². The van der Waals surface area contributed by atoms with Crippen LogP contribution in [0.15, 0.2) is 24.3 Å². The largest absolute Gasteiger partial charge is 0.348 e. The van der Waals surface area contributed by atoms with Gasteiger partial charge in [-0.1, -0.05) is 50.5 Å². The average molecular weight is 263 g/mol. The highest BCUT2D eigenvalue weighted by atomic mass is 16.7. The van der Waals surface area contributed by atoms with Gasteiger partial charge in [-0.05, 0) is 12.0 Å². The minimum Gasteiger partial charge on any atom is -0.348 e. The lowest BCUT2D eigenvalue weighted by molar-refractivity contribution is -0.206. The normalized spacial score (nSPS) is 23.5. The second kappa shape index (κ2) is 7.63. The van der Waals surface area contributed by atoms with E-state index in [9.17, 15) is 0 Å². The van der Waals surface area contributed by atoms with E-state index in [1.807, 2.05) is 24.3 Å². The minimum atomic E-state index is -0.200. The van der Waals surface area contributed by atoms with Crippen LogP contribution in [0, 0.1) is 5.92 Å². The third-order valence-electron chi connectivity index (χ3n) is 3.67. The number of benzene rings is 1. The molecule has 0 radical (unpaired) electrons. The zero-order valence-corrected chi connectivity index (χ0v) is 11.8. The second-order valence-corrected chi connectivity index (χ2v) is 5.31. The quantitative estimate of drug-likeness (QED) is 0.800. The van der Waals surface area contributed by atoms with Gasteiger partial charge in [-0.3, -0.25) is 0 Å². The fourth-order valence-corrected chi connectivity index (χ4v) is 2.40. The van der Waals surface area contributed by atoms with Crippen molar-refractivity contribution in [2.45, 2.75) is 45.4 Å². The predicted octanol–water partition coefficient (Wildman–Crippen LogP) is 3.39. The lowest BCUT2D eigenvalue weighted by Gasteiger charge is -2.29. The van der Waals surface area contributed by atoms with Crippen LogP contribution in [-0.2, 0) is 16.0 Å². The van der Waals surface area contributed by atoms with Crippen molar-refractivity contribution < 1.29 is 9.47 Å². The van der Waals surface area contributed by atoms with Crippen molar-refractivity contribution in [1.82, 2.24) is 0 Å². The van der Waals surface area contributed by atoms with E-state index < -0.39 is 0 Å². The van der Waals surface area contributed by atoms with E-state index in [0.29, 0.717) is 12.5 Å². The Morgan fingerprint density at radius 2 is 1.79 bits per heavy atom. The van der Waals surface area contributed by atoms with Crippen molar-refractivity contribution in [3.05, 3.63) is 35.4 Å². The van der Waals surface area contributed by atoms with Crippen LogP contribution < -0.4 is 5.73 Å². The lowest BCUT2D eigenvalue weighted by atomic mass is 10.0. The van der Waals surface area contributed by atoms with E-state index in [1.54, 1.807) is 0 Å². The van der Waals surface area contributed by atoms with Gasteiger partial charge < -0.3 is 15.2 Å². The third-order valence-corrected chi connectivity index (χ3v) is 3.67. The number of nitrogens with two attached hydrogens (primary N) is 1. The molecule has 0 bridgehead atoms. The Bertz CT molecular complexity index is 356. The fraction of sp³-hybridized carbons (Fsp3) is 0.625. The molecule has 1 heterocycles. The summed E-state index contributed by atoms with van der Waals surface area (Å²) >= 11 is 0. The van der Waals surface area contributed by atoms with E-state index >= 15 is 0 Å². The van der Waals surface area contributed by atoms with Crippen molar-refractivity contribution in [3.63, 3.8) is 0 Å². The molecule has 3 nitrogen and oxygen atoms in total. The van der Waals surface area contributed by atoms with E-state index in [4.69, 9.17) is 15.2 Å². The molecule has 106 valence electrons. The van der Waals surface area contributed by atoms with Crippen LogP contribution in [0.5, 0.6) is 0 Å².